The Morgan fingerprint density at radius 3 is 2.71 bits per heavy atom. The van der Waals surface area contributed by atoms with E-state index in [0.29, 0.717) is 5.92 Å². The standard InChI is InChI=1S/C21H28N6O/c1-14-19-15(2)27(25-20(19)21(24-23-14)26(3)4)17-6-5-7-18(12-17)28-13-16-8-10-22-11-9-16/h5-7,12,16,22H,8-11,13H2,1-4H3. The van der Waals surface area contributed by atoms with Crippen LogP contribution in [0.3, 0.4) is 0 Å². The summed E-state index contributed by atoms with van der Waals surface area (Å²) in [6.45, 7) is 6.99. The fourth-order valence-electron chi connectivity index (χ4n) is 3.83. The first kappa shape index (κ1) is 18.7. The van der Waals surface area contributed by atoms with Crippen LogP contribution >= 0.6 is 0 Å². The number of nitrogens with one attached hydrogen (secondary N) is 1. The van der Waals surface area contributed by atoms with Crippen molar-refractivity contribution in [3.8, 4) is 11.4 Å². The van der Waals surface area contributed by atoms with Gasteiger partial charge in [0.25, 0.3) is 0 Å². The molecule has 4 rings (SSSR count). The molecular formula is C21H28N6O. The fourth-order valence-corrected chi connectivity index (χ4v) is 3.83. The van der Waals surface area contributed by atoms with Gasteiger partial charge in [-0.15, -0.1) is 5.10 Å². The van der Waals surface area contributed by atoms with Gasteiger partial charge in [0.2, 0.25) is 0 Å². The lowest BCUT2D eigenvalue weighted by Crippen LogP contribution is -2.30. The van der Waals surface area contributed by atoms with Gasteiger partial charge in [-0.05, 0) is 57.8 Å². The SMILES string of the molecule is Cc1nnc(N(C)C)c2nn(-c3cccc(OCC4CCNCC4)c3)c(C)c12. The Kier molecular flexibility index (Phi) is 5.17. The first-order valence-electron chi connectivity index (χ1n) is 9.88. The summed E-state index contributed by atoms with van der Waals surface area (Å²) in [4.78, 5) is 1.95. The van der Waals surface area contributed by atoms with Gasteiger partial charge in [0.05, 0.1) is 29.1 Å². The van der Waals surface area contributed by atoms with Crippen LogP contribution in [0, 0.1) is 19.8 Å². The lowest BCUT2D eigenvalue weighted by molar-refractivity contribution is 0.215. The van der Waals surface area contributed by atoms with Crippen LogP contribution in [0.1, 0.15) is 24.2 Å². The molecule has 1 aromatic carbocycles. The first-order chi connectivity index (χ1) is 13.5. The van der Waals surface area contributed by atoms with E-state index in [9.17, 15) is 0 Å². The van der Waals surface area contributed by atoms with Crippen molar-refractivity contribution >= 4 is 16.7 Å². The third-order valence-electron chi connectivity index (χ3n) is 5.41. The molecule has 0 aliphatic carbocycles. The monoisotopic (exact) mass is 380 g/mol. The summed E-state index contributed by atoms with van der Waals surface area (Å²) in [5, 5.41) is 18.0. The molecule has 1 aliphatic heterocycles. The molecular weight excluding hydrogens is 352 g/mol. The fraction of sp³-hybridized carbons (Fsp3) is 0.476. The molecule has 0 atom stereocenters. The molecule has 148 valence electrons. The Hall–Kier alpha value is -2.67. The topological polar surface area (TPSA) is 68.1 Å². The number of benzene rings is 1. The molecule has 7 nitrogen and oxygen atoms in total. The maximum atomic E-state index is 6.11. The van der Waals surface area contributed by atoms with E-state index in [2.05, 4.69) is 34.6 Å². The molecule has 0 spiro atoms. The van der Waals surface area contributed by atoms with Crippen molar-refractivity contribution < 1.29 is 4.74 Å². The van der Waals surface area contributed by atoms with Gasteiger partial charge in [-0.3, -0.25) is 0 Å². The normalized spacial score (nSPS) is 15.1. The van der Waals surface area contributed by atoms with Crippen molar-refractivity contribution in [2.45, 2.75) is 26.7 Å². The van der Waals surface area contributed by atoms with Gasteiger partial charge < -0.3 is 15.0 Å². The molecule has 7 heteroatoms. The molecule has 0 bridgehead atoms. The zero-order valence-corrected chi connectivity index (χ0v) is 17.1. The Bertz CT molecular complexity index is 974. The summed E-state index contributed by atoms with van der Waals surface area (Å²) >= 11 is 0. The third kappa shape index (κ3) is 3.54. The van der Waals surface area contributed by atoms with Crippen LogP contribution < -0.4 is 15.0 Å². The number of aromatic nitrogens is 4. The van der Waals surface area contributed by atoms with E-state index in [1.165, 1.54) is 12.8 Å². The zero-order valence-electron chi connectivity index (χ0n) is 17.1. The van der Waals surface area contributed by atoms with Crippen LogP contribution in [0.25, 0.3) is 16.6 Å². The van der Waals surface area contributed by atoms with E-state index >= 15 is 0 Å². The first-order valence-corrected chi connectivity index (χ1v) is 9.88. The Labute approximate surface area is 165 Å². The Morgan fingerprint density at radius 1 is 1.18 bits per heavy atom. The molecule has 1 fully saturated rings. The number of piperidine rings is 1. The second-order valence-corrected chi connectivity index (χ2v) is 7.73. The summed E-state index contributed by atoms with van der Waals surface area (Å²) < 4.78 is 8.07. The van der Waals surface area contributed by atoms with E-state index in [4.69, 9.17) is 9.84 Å². The van der Waals surface area contributed by atoms with Crippen LogP contribution in [0.5, 0.6) is 5.75 Å². The number of hydrogen-bond acceptors (Lipinski definition) is 6. The van der Waals surface area contributed by atoms with E-state index in [0.717, 1.165) is 59.2 Å². The van der Waals surface area contributed by atoms with Crippen molar-refractivity contribution in [3.63, 3.8) is 0 Å². The lowest BCUT2D eigenvalue weighted by atomic mass is 9.99. The molecule has 3 aromatic rings. The van der Waals surface area contributed by atoms with Gasteiger partial charge in [0.15, 0.2) is 5.82 Å². The predicted octanol–water partition coefficient (Wildman–Crippen LogP) is 2.88. The van der Waals surface area contributed by atoms with Crippen LogP contribution in [0.2, 0.25) is 0 Å². The summed E-state index contributed by atoms with van der Waals surface area (Å²) in [5.74, 6) is 2.29. The van der Waals surface area contributed by atoms with E-state index in [1.807, 2.05) is 42.7 Å². The van der Waals surface area contributed by atoms with Crippen molar-refractivity contribution in [2.24, 2.45) is 5.92 Å². The molecule has 1 aliphatic rings. The second-order valence-electron chi connectivity index (χ2n) is 7.73. The lowest BCUT2D eigenvalue weighted by Gasteiger charge is -2.22. The highest BCUT2D eigenvalue weighted by Gasteiger charge is 2.18. The van der Waals surface area contributed by atoms with Gasteiger partial charge in [-0.1, -0.05) is 6.07 Å². The minimum absolute atomic E-state index is 0.626. The minimum Gasteiger partial charge on any atom is -0.493 e. The van der Waals surface area contributed by atoms with Crippen LogP contribution in [0.4, 0.5) is 5.82 Å². The summed E-state index contributed by atoms with van der Waals surface area (Å²) in [6.07, 6.45) is 2.35. The maximum Gasteiger partial charge on any atom is 0.179 e. The molecule has 1 N–H and O–H groups in total. The molecule has 0 radical (unpaired) electrons. The van der Waals surface area contributed by atoms with Crippen molar-refractivity contribution in [3.05, 3.63) is 35.7 Å². The Morgan fingerprint density at radius 2 is 1.96 bits per heavy atom. The van der Waals surface area contributed by atoms with Gasteiger partial charge in [-0.25, -0.2) is 4.68 Å². The third-order valence-corrected chi connectivity index (χ3v) is 5.41. The van der Waals surface area contributed by atoms with E-state index in [1.54, 1.807) is 0 Å². The molecule has 0 saturated carbocycles. The number of ether oxygens (including phenoxy) is 1. The number of fused-ring (bicyclic) bond motifs is 1. The van der Waals surface area contributed by atoms with Gasteiger partial charge in [-0.2, -0.15) is 10.2 Å². The average Bonchev–Trinajstić information content (AvgIpc) is 3.05. The van der Waals surface area contributed by atoms with Crippen LogP contribution in [-0.2, 0) is 0 Å². The summed E-state index contributed by atoms with van der Waals surface area (Å²) in [5.41, 5.74) is 3.81. The number of anilines is 1. The van der Waals surface area contributed by atoms with Gasteiger partial charge in [0, 0.05) is 20.2 Å². The van der Waals surface area contributed by atoms with Crippen molar-refractivity contribution in [2.75, 3.05) is 38.7 Å². The smallest absolute Gasteiger partial charge is 0.179 e. The van der Waals surface area contributed by atoms with Crippen LogP contribution in [0.15, 0.2) is 24.3 Å². The Balaban J connectivity index is 1.65. The zero-order chi connectivity index (χ0) is 19.7. The van der Waals surface area contributed by atoms with E-state index in [-0.39, 0.29) is 0 Å². The molecule has 0 unspecified atom stereocenters. The van der Waals surface area contributed by atoms with Crippen molar-refractivity contribution in [1.82, 2.24) is 25.3 Å². The molecule has 3 heterocycles. The largest absolute Gasteiger partial charge is 0.493 e. The minimum atomic E-state index is 0.626. The average molecular weight is 380 g/mol. The predicted molar refractivity (Wildman–Crippen MR) is 112 cm³/mol. The highest BCUT2D eigenvalue weighted by molar-refractivity contribution is 5.92. The molecule has 2 aromatic heterocycles. The van der Waals surface area contributed by atoms with Gasteiger partial charge >= 0.3 is 0 Å². The number of nitrogens with zero attached hydrogens (tertiary/aromatic N) is 5. The molecule has 1 saturated heterocycles. The number of hydrogen-bond donors (Lipinski definition) is 1. The van der Waals surface area contributed by atoms with Gasteiger partial charge in [0.1, 0.15) is 11.3 Å². The van der Waals surface area contributed by atoms with Crippen LogP contribution in [-0.4, -0.2) is 53.8 Å². The quantitative estimate of drug-likeness (QED) is 0.734. The number of aryl methyl sites for hydroxylation is 2. The van der Waals surface area contributed by atoms with E-state index < -0.39 is 0 Å². The highest BCUT2D eigenvalue weighted by Crippen LogP contribution is 2.29. The molecule has 0 amide bonds. The number of rotatable bonds is 5. The maximum absolute atomic E-state index is 6.11. The highest BCUT2D eigenvalue weighted by atomic mass is 16.5. The second kappa shape index (κ2) is 7.75. The summed E-state index contributed by atoms with van der Waals surface area (Å²) in [7, 11) is 3.92. The summed E-state index contributed by atoms with van der Waals surface area (Å²) in [6, 6.07) is 8.16. The van der Waals surface area contributed by atoms with Crippen molar-refractivity contribution in [1.29, 1.82) is 0 Å². The molecule has 28 heavy (non-hydrogen) atoms.